The maximum Gasteiger partial charge on any atom is 0.288 e. The average Bonchev–Trinajstić information content (AvgIpc) is 3.38. The van der Waals surface area contributed by atoms with Crippen molar-refractivity contribution in [2.45, 2.75) is 38.8 Å². The van der Waals surface area contributed by atoms with Crippen molar-refractivity contribution in [3.05, 3.63) is 83.3 Å². The van der Waals surface area contributed by atoms with Crippen molar-refractivity contribution < 1.29 is 9.53 Å². The molecule has 0 radical (unpaired) electrons. The summed E-state index contributed by atoms with van der Waals surface area (Å²) in [6.07, 6.45) is 7.23. The zero-order valence-corrected chi connectivity index (χ0v) is 23.2. The molecule has 40 heavy (non-hydrogen) atoms. The highest BCUT2D eigenvalue weighted by Gasteiger charge is 2.27. The Morgan fingerprint density at radius 3 is 2.62 bits per heavy atom. The third kappa shape index (κ3) is 5.79. The lowest BCUT2D eigenvalue weighted by Crippen LogP contribution is -2.40. The number of hydrogen-bond acceptors (Lipinski definition) is 6. The molecule has 9 heteroatoms. The largest absolute Gasteiger partial charge is 0.457 e. The van der Waals surface area contributed by atoms with Gasteiger partial charge in [-0.1, -0.05) is 36.4 Å². The number of nitrogens with two attached hydrogens (primary N) is 1. The number of likely N-dealkylation sites (N-methyl/N-ethyl adjacent to an activating group) is 1. The molecule has 0 bridgehead atoms. The van der Waals surface area contributed by atoms with Gasteiger partial charge in [-0.25, -0.2) is 5.10 Å². The summed E-state index contributed by atoms with van der Waals surface area (Å²) in [7, 11) is 2.03. The van der Waals surface area contributed by atoms with Crippen molar-refractivity contribution >= 4 is 22.6 Å². The van der Waals surface area contributed by atoms with Crippen molar-refractivity contribution in [1.82, 2.24) is 24.6 Å². The van der Waals surface area contributed by atoms with Crippen LogP contribution in [-0.2, 0) is 4.79 Å². The van der Waals surface area contributed by atoms with Gasteiger partial charge in [-0.3, -0.25) is 9.59 Å². The van der Waals surface area contributed by atoms with Gasteiger partial charge >= 0.3 is 0 Å². The minimum absolute atomic E-state index is 0.0114. The highest BCUT2D eigenvalue weighted by Crippen LogP contribution is 2.36. The van der Waals surface area contributed by atoms with Gasteiger partial charge in [0, 0.05) is 43.5 Å². The van der Waals surface area contributed by atoms with Gasteiger partial charge < -0.3 is 24.8 Å². The summed E-state index contributed by atoms with van der Waals surface area (Å²) >= 11 is 0. The van der Waals surface area contributed by atoms with E-state index in [1.54, 1.807) is 6.08 Å². The van der Waals surface area contributed by atoms with Crippen LogP contribution in [0.15, 0.2) is 77.7 Å². The molecule has 2 aromatic heterocycles. The van der Waals surface area contributed by atoms with Gasteiger partial charge in [0.15, 0.2) is 5.82 Å². The normalized spacial score (nSPS) is 15.9. The first kappa shape index (κ1) is 27.2. The summed E-state index contributed by atoms with van der Waals surface area (Å²) in [6.45, 7) is 6.16. The van der Waals surface area contributed by atoms with Gasteiger partial charge in [0.1, 0.15) is 17.0 Å². The Morgan fingerprint density at radius 2 is 1.90 bits per heavy atom. The molecular formula is C31H36N6O3. The second kappa shape index (κ2) is 11.8. The number of nitrogens with one attached hydrogen (secondary N) is 1. The predicted octanol–water partition coefficient (Wildman–Crippen LogP) is 4.83. The number of carbonyl (C=O) groups excluding carboxylic acids is 1. The third-order valence-electron chi connectivity index (χ3n) is 7.56. The summed E-state index contributed by atoms with van der Waals surface area (Å²) in [4.78, 5) is 30.1. The molecule has 9 nitrogen and oxygen atoms in total. The van der Waals surface area contributed by atoms with Gasteiger partial charge in [-0.15, -0.1) is 0 Å². The smallest absolute Gasteiger partial charge is 0.288 e. The SMILES string of the molecule is CC(C)N(C)C/C=C/C(=O)N1CCCC(n2cc(-c3ccc(Oc4ccccc4)cc3)c3c(N)n[nH]c(=O)c32)C1. The van der Waals surface area contributed by atoms with Crippen LogP contribution >= 0.6 is 0 Å². The van der Waals surface area contributed by atoms with Crippen molar-refractivity contribution in [3.63, 3.8) is 0 Å². The van der Waals surface area contributed by atoms with E-state index in [0.29, 0.717) is 42.3 Å². The number of amides is 1. The van der Waals surface area contributed by atoms with E-state index >= 15 is 0 Å². The van der Waals surface area contributed by atoms with E-state index in [9.17, 15) is 9.59 Å². The number of nitrogens with zero attached hydrogens (tertiary/aromatic N) is 4. The number of aromatic amines is 1. The average molecular weight is 541 g/mol. The Balaban J connectivity index is 1.42. The monoisotopic (exact) mass is 540 g/mol. The van der Waals surface area contributed by atoms with E-state index in [1.807, 2.05) is 83.4 Å². The maximum absolute atomic E-state index is 13.1. The van der Waals surface area contributed by atoms with E-state index in [2.05, 4.69) is 28.9 Å². The number of H-pyrrole nitrogens is 1. The Bertz CT molecular complexity index is 1560. The summed E-state index contributed by atoms with van der Waals surface area (Å²) < 4.78 is 7.92. The van der Waals surface area contributed by atoms with Gasteiger partial charge in [0.25, 0.3) is 5.56 Å². The fraction of sp³-hybridized carbons (Fsp3) is 0.323. The second-order valence-corrected chi connectivity index (χ2v) is 10.6. The van der Waals surface area contributed by atoms with Crippen LogP contribution in [0.3, 0.4) is 0 Å². The summed E-state index contributed by atoms with van der Waals surface area (Å²) in [6, 6.07) is 17.6. The topological polar surface area (TPSA) is 109 Å². The molecule has 3 N–H and O–H groups in total. The van der Waals surface area contributed by atoms with Crippen LogP contribution in [0.1, 0.15) is 32.7 Å². The number of carbonyl (C=O) groups is 1. The number of fused-ring (bicyclic) bond motifs is 1. The van der Waals surface area contributed by atoms with E-state index in [1.165, 1.54) is 0 Å². The summed E-state index contributed by atoms with van der Waals surface area (Å²) in [5.41, 5.74) is 8.19. The second-order valence-electron chi connectivity index (χ2n) is 10.6. The lowest BCUT2D eigenvalue weighted by Gasteiger charge is -2.33. The molecule has 0 aliphatic carbocycles. The molecular weight excluding hydrogens is 504 g/mol. The predicted molar refractivity (Wildman–Crippen MR) is 158 cm³/mol. The van der Waals surface area contributed by atoms with Crippen LogP contribution in [0.4, 0.5) is 5.82 Å². The van der Waals surface area contributed by atoms with Gasteiger partial charge in [0.05, 0.1) is 11.4 Å². The van der Waals surface area contributed by atoms with Gasteiger partial charge in [0.2, 0.25) is 5.91 Å². The molecule has 4 aromatic rings. The number of anilines is 1. The fourth-order valence-electron chi connectivity index (χ4n) is 5.09. The van der Waals surface area contributed by atoms with Gasteiger partial charge in [-0.05, 0) is 63.6 Å². The van der Waals surface area contributed by atoms with E-state index in [4.69, 9.17) is 10.5 Å². The van der Waals surface area contributed by atoms with Crippen LogP contribution in [0, 0.1) is 0 Å². The Hall–Kier alpha value is -4.37. The Morgan fingerprint density at radius 1 is 1.18 bits per heavy atom. The minimum atomic E-state index is -0.306. The molecule has 1 saturated heterocycles. The number of benzene rings is 2. The molecule has 1 unspecified atom stereocenters. The van der Waals surface area contributed by atoms with Crippen molar-refractivity contribution in [2.24, 2.45) is 0 Å². The number of likely N-dealkylation sites (tertiary alicyclic amines) is 1. The van der Waals surface area contributed by atoms with E-state index < -0.39 is 0 Å². The highest BCUT2D eigenvalue weighted by atomic mass is 16.5. The molecule has 1 fully saturated rings. The van der Waals surface area contributed by atoms with Gasteiger partial charge in [-0.2, -0.15) is 5.10 Å². The van der Waals surface area contributed by atoms with E-state index in [-0.39, 0.29) is 23.3 Å². The van der Waals surface area contributed by atoms with Crippen LogP contribution in [0.5, 0.6) is 11.5 Å². The van der Waals surface area contributed by atoms with Crippen molar-refractivity contribution in [1.29, 1.82) is 0 Å². The van der Waals surface area contributed by atoms with Crippen LogP contribution in [0.25, 0.3) is 22.0 Å². The molecule has 1 aliphatic rings. The fourth-order valence-corrected chi connectivity index (χ4v) is 5.09. The van der Waals surface area contributed by atoms with Crippen LogP contribution < -0.4 is 16.0 Å². The van der Waals surface area contributed by atoms with Crippen molar-refractivity contribution in [2.75, 3.05) is 32.4 Å². The number of ether oxygens (including phenoxy) is 1. The first-order valence-electron chi connectivity index (χ1n) is 13.7. The lowest BCUT2D eigenvalue weighted by molar-refractivity contribution is -0.127. The summed E-state index contributed by atoms with van der Waals surface area (Å²) in [5.74, 6) is 1.71. The van der Waals surface area contributed by atoms with Crippen LogP contribution in [-0.4, -0.2) is 63.2 Å². The highest BCUT2D eigenvalue weighted by molar-refractivity contribution is 6.02. The molecule has 208 valence electrons. The molecule has 2 aromatic carbocycles. The molecule has 0 spiro atoms. The quantitative estimate of drug-likeness (QED) is 0.310. The number of hydrogen-bond donors (Lipinski definition) is 2. The molecule has 1 amide bonds. The Kier molecular flexibility index (Phi) is 8.02. The van der Waals surface area contributed by atoms with Crippen LogP contribution in [0.2, 0.25) is 0 Å². The molecule has 5 rings (SSSR count). The zero-order chi connectivity index (χ0) is 28.2. The lowest BCUT2D eigenvalue weighted by atomic mass is 10.1. The molecule has 3 heterocycles. The number of rotatable bonds is 8. The standard InChI is InChI=1S/C31H36N6O3/c1-21(2)35(3)17-8-12-27(38)36-18-7-9-23(19-36)37-20-26(28-29(37)31(39)34-33-30(28)32)22-13-15-25(16-14-22)40-24-10-5-4-6-11-24/h4-6,8,10-16,20-21,23H,7,9,17-19H2,1-3H3,(H2,32,33)(H,34,39)/b12-8+. The number of nitrogen functional groups attached to an aromatic ring is 1. The number of aromatic nitrogens is 3. The molecule has 1 atom stereocenters. The number of piperidine rings is 1. The zero-order valence-electron chi connectivity index (χ0n) is 23.2. The Labute approximate surface area is 233 Å². The first-order chi connectivity index (χ1) is 19.3. The van der Waals surface area contributed by atoms with Crippen molar-refractivity contribution in [3.8, 4) is 22.6 Å². The molecule has 1 aliphatic heterocycles. The maximum atomic E-state index is 13.1. The number of para-hydroxylation sites is 1. The molecule has 0 saturated carbocycles. The first-order valence-corrected chi connectivity index (χ1v) is 13.7. The summed E-state index contributed by atoms with van der Waals surface area (Å²) in [5, 5.41) is 7.20. The third-order valence-corrected chi connectivity index (χ3v) is 7.56. The van der Waals surface area contributed by atoms with E-state index in [0.717, 1.165) is 29.7 Å². The minimum Gasteiger partial charge on any atom is -0.457 e.